The Morgan fingerprint density at radius 2 is 1.33 bits per heavy atom. The Hall–Kier alpha value is -5.48. The molecule has 0 atom stereocenters. The standard InChI is InChI=1S/C42H31BN2O/c1-26-24-31-38-35(25-26)45-39-29-18-10-13-21-36(29)46-41(39)37-34(44(27-14-6-4-7-15-27)28-16-8-5-9-17-28)23-22-33(40(37)45)43(38)32-20-12-11-19-30(32)42(31,2)3/h4-25H,1-3H3. The molecule has 0 saturated heterocycles. The number of aryl methyl sites for hydroxylation is 1. The molecule has 2 aromatic heterocycles. The summed E-state index contributed by atoms with van der Waals surface area (Å²) in [5, 5.41) is 2.29. The van der Waals surface area contributed by atoms with Crippen molar-refractivity contribution in [2.24, 2.45) is 0 Å². The normalized spacial score (nSPS) is 14.1. The minimum absolute atomic E-state index is 0.123. The van der Waals surface area contributed by atoms with E-state index in [1.165, 1.54) is 44.3 Å². The lowest BCUT2D eigenvalue weighted by Gasteiger charge is -2.42. The third kappa shape index (κ3) is 3.23. The van der Waals surface area contributed by atoms with Gasteiger partial charge >= 0.3 is 0 Å². The first-order chi connectivity index (χ1) is 22.5. The third-order valence-electron chi connectivity index (χ3n) is 10.5. The fourth-order valence-corrected chi connectivity index (χ4v) is 8.56. The second kappa shape index (κ2) is 9.05. The van der Waals surface area contributed by atoms with Crippen molar-refractivity contribution in [3.05, 3.63) is 150 Å². The Balaban J connectivity index is 1.42. The number of furan rings is 1. The molecule has 10 rings (SSSR count). The van der Waals surface area contributed by atoms with Crippen LogP contribution in [0.1, 0.15) is 30.5 Å². The fraction of sp³-hybridized carbons (Fsp3) is 0.0952. The van der Waals surface area contributed by atoms with Crippen molar-refractivity contribution in [3.63, 3.8) is 0 Å². The SMILES string of the molecule is Cc1cc2c3c(c1)C(C)(C)c1ccccc1B3c1ccc(N(c3ccccc3)c3ccccc3)c3c4oc5ccccc5c4n-2c13. The van der Waals surface area contributed by atoms with Gasteiger partial charge in [-0.25, -0.2) is 0 Å². The first-order valence-electron chi connectivity index (χ1n) is 16.2. The summed E-state index contributed by atoms with van der Waals surface area (Å²) >= 11 is 0. The van der Waals surface area contributed by atoms with Crippen molar-refractivity contribution in [1.82, 2.24) is 4.57 Å². The molecule has 0 unspecified atom stereocenters. The molecule has 0 bridgehead atoms. The number of nitrogens with zero attached hydrogens (tertiary/aromatic N) is 2. The van der Waals surface area contributed by atoms with E-state index in [4.69, 9.17) is 4.42 Å². The highest BCUT2D eigenvalue weighted by atomic mass is 16.3. The van der Waals surface area contributed by atoms with Crippen LogP contribution in [0.4, 0.5) is 17.1 Å². The summed E-state index contributed by atoms with van der Waals surface area (Å²) in [6, 6.07) is 48.5. The summed E-state index contributed by atoms with van der Waals surface area (Å²) in [6.07, 6.45) is 0. The van der Waals surface area contributed by atoms with Gasteiger partial charge in [0.2, 0.25) is 6.71 Å². The summed E-state index contributed by atoms with van der Waals surface area (Å²) in [5.41, 5.74) is 16.9. The Labute approximate surface area is 268 Å². The number of hydrogen-bond donors (Lipinski definition) is 0. The van der Waals surface area contributed by atoms with Crippen LogP contribution in [0.15, 0.2) is 138 Å². The second-order valence-electron chi connectivity index (χ2n) is 13.4. The van der Waals surface area contributed by atoms with Crippen LogP contribution in [0.5, 0.6) is 0 Å². The molecule has 4 heterocycles. The topological polar surface area (TPSA) is 21.3 Å². The summed E-state index contributed by atoms with van der Waals surface area (Å²) in [5.74, 6) is 0. The third-order valence-corrected chi connectivity index (χ3v) is 10.5. The number of para-hydroxylation sites is 3. The summed E-state index contributed by atoms with van der Waals surface area (Å²) < 4.78 is 9.45. The van der Waals surface area contributed by atoms with Crippen LogP contribution < -0.4 is 21.3 Å². The molecule has 0 radical (unpaired) electrons. The van der Waals surface area contributed by atoms with E-state index in [9.17, 15) is 0 Å². The highest BCUT2D eigenvalue weighted by molar-refractivity contribution is 6.99. The van der Waals surface area contributed by atoms with E-state index in [1.54, 1.807) is 0 Å². The molecule has 2 aliphatic heterocycles. The number of benzene rings is 6. The minimum Gasteiger partial charge on any atom is -0.454 e. The summed E-state index contributed by atoms with van der Waals surface area (Å²) in [4.78, 5) is 2.38. The van der Waals surface area contributed by atoms with Gasteiger partial charge in [-0.2, -0.15) is 0 Å². The lowest BCUT2D eigenvalue weighted by Crippen LogP contribution is -2.63. The monoisotopic (exact) mass is 590 g/mol. The van der Waals surface area contributed by atoms with Gasteiger partial charge in [0.15, 0.2) is 5.58 Å². The Morgan fingerprint density at radius 3 is 2.09 bits per heavy atom. The van der Waals surface area contributed by atoms with Crippen molar-refractivity contribution in [1.29, 1.82) is 0 Å². The molecule has 218 valence electrons. The highest BCUT2D eigenvalue weighted by Gasteiger charge is 2.45. The van der Waals surface area contributed by atoms with E-state index in [-0.39, 0.29) is 12.1 Å². The van der Waals surface area contributed by atoms with Gasteiger partial charge in [0.05, 0.1) is 16.6 Å². The van der Waals surface area contributed by atoms with E-state index < -0.39 is 0 Å². The number of hydrogen-bond acceptors (Lipinski definition) is 2. The van der Waals surface area contributed by atoms with Gasteiger partial charge in [-0.15, -0.1) is 0 Å². The maximum absolute atomic E-state index is 6.92. The summed E-state index contributed by atoms with van der Waals surface area (Å²) in [7, 11) is 0. The van der Waals surface area contributed by atoms with Gasteiger partial charge in [0.1, 0.15) is 11.1 Å². The van der Waals surface area contributed by atoms with Gasteiger partial charge in [-0.3, -0.25) is 0 Å². The smallest absolute Gasteiger partial charge is 0.247 e. The second-order valence-corrected chi connectivity index (χ2v) is 13.4. The van der Waals surface area contributed by atoms with Crippen molar-refractivity contribution >= 4 is 73.1 Å². The number of fused-ring (bicyclic) bond motifs is 9. The predicted octanol–water partition coefficient (Wildman–Crippen LogP) is 8.78. The molecular weight excluding hydrogens is 559 g/mol. The van der Waals surface area contributed by atoms with E-state index in [0.29, 0.717) is 0 Å². The van der Waals surface area contributed by atoms with Crippen LogP contribution in [0.2, 0.25) is 0 Å². The largest absolute Gasteiger partial charge is 0.454 e. The van der Waals surface area contributed by atoms with Crippen molar-refractivity contribution in [2.45, 2.75) is 26.2 Å². The molecule has 8 aromatic rings. The zero-order valence-corrected chi connectivity index (χ0v) is 26.1. The quantitative estimate of drug-likeness (QED) is 0.192. The molecule has 46 heavy (non-hydrogen) atoms. The van der Waals surface area contributed by atoms with E-state index >= 15 is 0 Å². The van der Waals surface area contributed by atoms with Crippen LogP contribution in [0.3, 0.4) is 0 Å². The number of aromatic nitrogens is 1. The fourth-order valence-electron chi connectivity index (χ4n) is 8.56. The molecule has 0 amide bonds. The van der Waals surface area contributed by atoms with Gasteiger partial charge in [-0.05, 0) is 83.1 Å². The molecule has 3 nitrogen and oxygen atoms in total. The molecule has 2 aliphatic rings. The lowest BCUT2D eigenvalue weighted by atomic mass is 9.30. The van der Waals surface area contributed by atoms with E-state index in [0.717, 1.165) is 44.5 Å². The van der Waals surface area contributed by atoms with Crippen LogP contribution in [0.25, 0.3) is 38.7 Å². The first-order valence-corrected chi connectivity index (χ1v) is 16.2. The van der Waals surface area contributed by atoms with E-state index in [1.807, 2.05) is 0 Å². The zero-order valence-electron chi connectivity index (χ0n) is 26.1. The maximum atomic E-state index is 6.92. The van der Waals surface area contributed by atoms with Crippen molar-refractivity contribution < 1.29 is 4.42 Å². The van der Waals surface area contributed by atoms with Crippen LogP contribution >= 0.6 is 0 Å². The molecule has 0 saturated carbocycles. The van der Waals surface area contributed by atoms with Crippen molar-refractivity contribution in [3.8, 4) is 5.69 Å². The molecule has 0 spiro atoms. The molecule has 0 aliphatic carbocycles. The lowest BCUT2D eigenvalue weighted by molar-refractivity contribution is 0.644. The van der Waals surface area contributed by atoms with Crippen LogP contribution in [0, 0.1) is 6.92 Å². The number of rotatable bonds is 3. The predicted molar refractivity (Wildman–Crippen MR) is 193 cm³/mol. The average molecular weight is 591 g/mol. The highest BCUT2D eigenvalue weighted by Crippen LogP contribution is 2.48. The molecular formula is C42H31BN2O. The van der Waals surface area contributed by atoms with Crippen LogP contribution in [-0.4, -0.2) is 11.3 Å². The Bertz CT molecular complexity index is 2480. The zero-order chi connectivity index (χ0) is 30.7. The van der Waals surface area contributed by atoms with Crippen LogP contribution in [-0.2, 0) is 5.41 Å². The maximum Gasteiger partial charge on any atom is 0.247 e. The molecule has 4 heteroatoms. The van der Waals surface area contributed by atoms with E-state index in [2.05, 4.69) is 164 Å². The Morgan fingerprint density at radius 1 is 0.652 bits per heavy atom. The molecule has 0 N–H and O–H groups in total. The van der Waals surface area contributed by atoms with Gasteiger partial charge < -0.3 is 13.9 Å². The first kappa shape index (κ1) is 25.8. The van der Waals surface area contributed by atoms with Crippen molar-refractivity contribution in [2.75, 3.05) is 4.90 Å². The molecule has 0 fully saturated rings. The van der Waals surface area contributed by atoms with Gasteiger partial charge in [0, 0.05) is 27.9 Å². The average Bonchev–Trinajstić information content (AvgIpc) is 3.62. The minimum atomic E-state index is -0.123. The molecule has 6 aromatic carbocycles. The number of anilines is 3. The van der Waals surface area contributed by atoms with Gasteiger partial charge in [0.25, 0.3) is 0 Å². The Kier molecular flexibility index (Phi) is 5.08. The summed E-state index contributed by atoms with van der Waals surface area (Å²) in [6.45, 7) is 7.15. The van der Waals surface area contributed by atoms with Gasteiger partial charge in [-0.1, -0.05) is 104 Å².